The summed E-state index contributed by atoms with van der Waals surface area (Å²) >= 11 is 0. The maximum atomic E-state index is 14.2. The molecule has 0 aliphatic carbocycles. The fourth-order valence-electron chi connectivity index (χ4n) is 4.53. The number of amides is 2. The van der Waals surface area contributed by atoms with Gasteiger partial charge in [-0.25, -0.2) is 8.42 Å². The third-order valence-electron chi connectivity index (χ3n) is 7.26. The second-order valence-corrected chi connectivity index (χ2v) is 12.2. The summed E-state index contributed by atoms with van der Waals surface area (Å²) in [4.78, 5) is 29.2. The SMILES string of the molecule is CC[C@@H](C)NC(=O)[C@H](CC)N(Cc1ccccc1C)C(=O)CN(c1ccccc1C)S(=O)(=O)c1ccc(C)cc1. The number of anilines is 1. The minimum Gasteiger partial charge on any atom is -0.352 e. The molecule has 40 heavy (non-hydrogen) atoms. The van der Waals surface area contributed by atoms with Gasteiger partial charge in [-0.3, -0.25) is 13.9 Å². The molecule has 7 nitrogen and oxygen atoms in total. The number of benzene rings is 3. The molecule has 0 fully saturated rings. The molecule has 0 aliphatic rings. The quantitative estimate of drug-likeness (QED) is 0.314. The molecule has 0 saturated heterocycles. The van der Waals surface area contributed by atoms with Crippen LogP contribution in [0.3, 0.4) is 0 Å². The van der Waals surface area contributed by atoms with Crippen LogP contribution in [0.2, 0.25) is 0 Å². The minimum atomic E-state index is -4.09. The monoisotopic (exact) mass is 563 g/mol. The molecule has 2 amide bonds. The highest BCUT2D eigenvalue weighted by Gasteiger charge is 2.34. The van der Waals surface area contributed by atoms with Crippen LogP contribution in [-0.4, -0.2) is 43.8 Å². The summed E-state index contributed by atoms with van der Waals surface area (Å²) in [5.74, 6) is -0.698. The van der Waals surface area contributed by atoms with E-state index in [9.17, 15) is 18.0 Å². The Morgan fingerprint density at radius 1 is 0.825 bits per heavy atom. The third-order valence-corrected chi connectivity index (χ3v) is 9.03. The smallest absolute Gasteiger partial charge is 0.264 e. The minimum absolute atomic E-state index is 0.0534. The highest BCUT2D eigenvalue weighted by molar-refractivity contribution is 7.92. The normalized spacial score (nSPS) is 12.8. The van der Waals surface area contributed by atoms with Gasteiger partial charge in [-0.05, 0) is 75.4 Å². The summed E-state index contributed by atoms with van der Waals surface area (Å²) in [5, 5.41) is 3.01. The summed E-state index contributed by atoms with van der Waals surface area (Å²) in [5.41, 5.74) is 3.96. The van der Waals surface area contributed by atoms with Crippen LogP contribution >= 0.6 is 0 Å². The van der Waals surface area contributed by atoms with Crippen molar-refractivity contribution in [1.82, 2.24) is 10.2 Å². The lowest BCUT2D eigenvalue weighted by Crippen LogP contribution is -2.53. The zero-order valence-electron chi connectivity index (χ0n) is 24.3. The molecule has 0 heterocycles. The number of hydrogen-bond donors (Lipinski definition) is 1. The van der Waals surface area contributed by atoms with Gasteiger partial charge in [0.05, 0.1) is 10.6 Å². The average Bonchev–Trinajstić information content (AvgIpc) is 2.93. The van der Waals surface area contributed by atoms with Crippen LogP contribution in [0.15, 0.2) is 77.7 Å². The summed E-state index contributed by atoms with van der Waals surface area (Å²) in [6, 6.07) is 20.6. The fraction of sp³-hybridized carbons (Fsp3) is 0.375. The molecule has 0 spiro atoms. The first kappa shape index (κ1) is 30.9. The topological polar surface area (TPSA) is 86.8 Å². The van der Waals surface area contributed by atoms with E-state index in [1.54, 1.807) is 36.4 Å². The van der Waals surface area contributed by atoms with Crippen LogP contribution in [0, 0.1) is 20.8 Å². The molecule has 214 valence electrons. The van der Waals surface area contributed by atoms with Crippen molar-refractivity contribution in [3.8, 4) is 0 Å². The van der Waals surface area contributed by atoms with E-state index in [4.69, 9.17) is 0 Å². The Hall–Kier alpha value is -3.65. The van der Waals surface area contributed by atoms with Crippen molar-refractivity contribution in [2.75, 3.05) is 10.8 Å². The molecule has 3 aromatic carbocycles. The number of nitrogens with zero attached hydrogens (tertiary/aromatic N) is 2. The molecule has 8 heteroatoms. The van der Waals surface area contributed by atoms with Crippen molar-refractivity contribution < 1.29 is 18.0 Å². The van der Waals surface area contributed by atoms with Crippen molar-refractivity contribution in [2.45, 2.75) is 77.9 Å². The molecule has 0 bridgehead atoms. The molecular weight excluding hydrogens is 522 g/mol. The molecule has 0 saturated carbocycles. The summed E-state index contributed by atoms with van der Waals surface area (Å²) < 4.78 is 29.2. The Kier molecular flexibility index (Phi) is 10.5. The first-order valence-electron chi connectivity index (χ1n) is 13.8. The van der Waals surface area contributed by atoms with E-state index in [2.05, 4.69) is 5.32 Å². The molecule has 0 radical (unpaired) electrons. The van der Waals surface area contributed by atoms with Gasteiger partial charge in [0.15, 0.2) is 0 Å². The summed E-state index contributed by atoms with van der Waals surface area (Å²) in [7, 11) is -4.09. The van der Waals surface area contributed by atoms with Gasteiger partial charge in [0.25, 0.3) is 10.0 Å². The second-order valence-electron chi connectivity index (χ2n) is 10.3. The van der Waals surface area contributed by atoms with Gasteiger partial charge in [0.1, 0.15) is 12.6 Å². The van der Waals surface area contributed by atoms with E-state index in [1.165, 1.54) is 9.21 Å². The molecule has 0 unspecified atom stereocenters. The summed E-state index contributed by atoms with van der Waals surface area (Å²) in [6.07, 6.45) is 1.14. The van der Waals surface area contributed by atoms with Crippen molar-refractivity contribution >= 4 is 27.5 Å². The Balaban J connectivity index is 2.08. The van der Waals surface area contributed by atoms with Gasteiger partial charge in [0.2, 0.25) is 11.8 Å². The zero-order valence-corrected chi connectivity index (χ0v) is 25.2. The van der Waals surface area contributed by atoms with Crippen LogP contribution in [0.4, 0.5) is 5.69 Å². The number of para-hydroxylation sites is 1. The van der Waals surface area contributed by atoms with E-state index in [0.717, 1.165) is 28.7 Å². The molecule has 3 rings (SSSR count). The van der Waals surface area contributed by atoms with Crippen LogP contribution < -0.4 is 9.62 Å². The van der Waals surface area contributed by atoms with Crippen molar-refractivity contribution in [3.63, 3.8) is 0 Å². The Morgan fingerprint density at radius 3 is 2.00 bits per heavy atom. The first-order chi connectivity index (χ1) is 19.0. The van der Waals surface area contributed by atoms with Crippen molar-refractivity contribution in [3.05, 3.63) is 95.1 Å². The van der Waals surface area contributed by atoms with E-state index >= 15 is 0 Å². The van der Waals surface area contributed by atoms with Gasteiger partial charge >= 0.3 is 0 Å². The predicted molar refractivity (Wildman–Crippen MR) is 161 cm³/mol. The zero-order chi connectivity index (χ0) is 29.4. The fourth-order valence-corrected chi connectivity index (χ4v) is 6.00. The van der Waals surface area contributed by atoms with Gasteiger partial charge < -0.3 is 10.2 Å². The lowest BCUT2D eigenvalue weighted by atomic mass is 10.1. The van der Waals surface area contributed by atoms with Crippen LogP contribution in [0.1, 0.15) is 55.9 Å². The van der Waals surface area contributed by atoms with Crippen LogP contribution in [-0.2, 0) is 26.2 Å². The number of aryl methyl sites for hydroxylation is 3. The number of nitrogens with one attached hydrogen (secondary N) is 1. The van der Waals surface area contributed by atoms with E-state index in [1.807, 2.05) is 77.9 Å². The van der Waals surface area contributed by atoms with Gasteiger partial charge in [-0.1, -0.05) is 74.0 Å². The lowest BCUT2D eigenvalue weighted by molar-refractivity contribution is -0.140. The standard InChI is InChI=1S/C32H41N3O4S/c1-7-26(6)33-32(37)29(8-2)34(21-27-15-11-9-13-24(27)4)31(36)22-35(30-16-12-10-14-25(30)5)40(38,39)28-19-17-23(3)18-20-28/h9-20,26,29H,7-8,21-22H2,1-6H3,(H,33,37)/t26-,29+/m1/s1. The Labute approximate surface area is 239 Å². The maximum absolute atomic E-state index is 14.2. The molecule has 0 aromatic heterocycles. The number of rotatable bonds is 12. The molecule has 1 N–H and O–H groups in total. The maximum Gasteiger partial charge on any atom is 0.264 e. The van der Waals surface area contributed by atoms with Gasteiger partial charge in [-0.15, -0.1) is 0 Å². The Bertz CT molecular complexity index is 1420. The van der Waals surface area contributed by atoms with E-state index in [0.29, 0.717) is 12.1 Å². The molecule has 3 aromatic rings. The first-order valence-corrected chi connectivity index (χ1v) is 15.2. The van der Waals surface area contributed by atoms with Gasteiger partial charge in [0, 0.05) is 12.6 Å². The number of hydrogen-bond acceptors (Lipinski definition) is 4. The largest absolute Gasteiger partial charge is 0.352 e. The highest BCUT2D eigenvalue weighted by Crippen LogP contribution is 2.28. The number of carbonyl (C=O) groups excluding carboxylic acids is 2. The predicted octanol–water partition coefficient (Wildman–Crippen LogP) is 5.53. The highest BCUT2D eigenvalue weighted by atomic mass is 32.2. The molecule has 2 atom stereocenters. The summed E-state index contributed by atoms with van der Waals surface area (Å²) in [6.45, 7) is 11.2. The second kappa shape index (κ2) is 13.6. The van der Waals surface area contributed by atoms with Crippen LogP contribution in [0.5, 0.6) is 0 Å². The lowest BCUT2D eigenvalue weighted by Gasteiger charge is -2.34. The molecule has 0 aliphatic heterocycles. The average molecular weight is 564 g/mol. The van der Waals surface area contributed by atoms with Crippen molar-refractivity contribution in [2.24, 2.45) is 0 Å². The number of sulfonamides is 1. The molecular formula is C32H41N3O4S. The Morgan fingerprint density at radius 2 is 1.43 bits per heavy atom. The third kappa shape index (κ3) is 7.30. The van der Waals surface area contributed by atoms with E-state index < -0.39 is 28.5 Å². The van der Waals surface area contributed by atoms with Crippen molar-refractivity contribution in [1.29, 1.82) is 0 Å². The van der Waals surface area contributed by atoms with Gasteiger partial charge in [-0.2, -0.15) is 0 Å². The number of carbonyl (C=O) groups is 2. The van der Waals surface area contributed by atoms with E-state index in [-0.39, 0.29) is 23.4 Å². The van der Waals surface area contributed by atoms with Crippen LogP contribution in [0.25, 0.3) is 0 Å².